The van der Waals surface area contributed by atoms with Crippen LogP contribution in [0.5, 0.6) is 0 Å². The fourth-order valence-corrected chi connectivity index (χ4v) is 3.16. The Hall–Kier alpha value is -2.22. The number of halogens is 4. The summed E-state index contributed by atoms with van der Waals surface area (Å²) in [6.07, 6.45) is -0.488. The highest BCUT2D eigenvalue weighted by molar-refractivity contribution is 6.30. The molecular weight excluding hydrogens is 375 g/mol. The zero-order valence-corrected chi connectivity index (χ0v) is 14.2. The third-order valence-electron chi connectivity index (χ3n) is 4.27. The smallest absolute Gasteiger partial charge is 0.418 e. The molecule has 9 heteroatoms. The van der Waals surface area contributed by atoms with Gasteiger partial charge in [-0.3, -0.25) is 0 Å². The maximum absolute atomic E-state index is 13.1. The molecule has 2 aliphatic rings. The van der Waals surface area contributed by atoms with Crippen molar-refractivity contribution in [3.8, 4) is 0 Å². The van der Waals surface area contributed by atoms with Crippen molar-refractivity contribution in [3.05, 3.63) is 40.6 Å². The van der Waals surface area contributed by atoms with E-state index in [2.05, 4.69) is 5.32 Å². The van der Waals surface area contributed by atoms with Crippen LogP contribution in [0.4, 0.5) is 18.9 Å². The summed E-state index contributed by atoms with van der Waals surface area (Å²) >= 11 is 5.61. The van der Waals surface area contributed by atoms with E-state index in [1.165, 1.54) is 6.07 Å². The number of ether oxygens (including phenoxy) is 2. The Morgan fingerprint density at radius 1 is 1.08 bits per heavy atom. The number of esters is 2. The van der Waals surface area contributed by atoms with Crippen LogP contribution in [-0.2, 0) is 25.2 Å². The Labute approximate surface area is 152 Å². The molecular formula is C17H15ClF3NO4. The molecule has 1 heterocycles. The molecule has 5 nitrogen and oxygen atoms in total. The lowest BCUT2D eigenvalue weighted by molar-refractivity contribution is -0.244. The lowest BCUT2D eigenvalue weighted by Crippen LogP contribution is -2.47. The van der Waals surface area contributed by atoms with Gasteiger partial charge in [-0.1, -0.05) is 18.0 Å². The summed E-state index contributed by atoms with van der Waals surface area (Å²) in [5, 5.41) is 2.24. The summed E-state index contributed by atoms with van der Waals surface area (Å²) in [6.45, 7) is 0. The van der Waals surface area contributed by atoms with Gasteiger partial charge in [0, 0.05) is 24.1 Å². The molecule has 1 saturated heterocycles. The Kier molecular flexibility index (Phi) is 4.88. The number of hydrogen-bond acceptors (Lipinski definition) is 5. The van der Waals surface area contributed by atoms with E-state index in [1.54, 1.807) is 0 Å². The largest absolute Gasteiger partial charge is 0.419 e. The molecule has 1 N–H and O–H groups in total. The van der Waals surface area contributed by atoms with Gasteiger partial charge in [0.25, 0.3) is 5.79 Å². The van der Waals surface area contributed by atoms with Crippen molar-refractivity contribution in [2.75, 3.05) is 5.32 Å². The quantitative estimate of drug-likeness (QED) is 0.461. The van der Waals surface area contributed by atoms with Crippen LogP contribution in [0.25, 0.3) is 0 Å². The Morgan fingerprint density at radius 3 is 2.27 bits per heavy atom. The molecule has 0 atom stereocenters. The van der Waals surface area contributed by atoms with Gasteiger partial charge in [0.2, 0.25) is 0 Å². The molecule has 140 valence electrons. The van der Waals surface area contributed by atoms with Crippen LogP contribution in [0.15, 0.2) is 30.0 Å². The zero-order valence-electron chi connectivity index (χ0n) is 13.5. The molecule has 1 aromatic rings. The summed E-state index contributed by atoms with van der Waals surface area (Å²) in [4.78, 5) is 24.3. The van der Waals surface area contributed by atoms with E-state index >= 15 is 0 Å². The van der Waals surface area contributed by atoms with Crippen LogP contribution < -0.4 is 5.32 Å². The molecule has 0 radical (unpaired) electrons. The summed E-state index contributed by atoms with van der Waals surface area (Å²) in [7, 11) is 0. The molecule has 1 spiro atoms. The standard InChI is InChI=1S/C17H15ClF3NO4/c18-10-4-5-13(12(8-10)17(19,20)21)22-9-11-14(23)25-16(26-15(11)24)6-2-1-3-7-16/h4-5,8-9,22H,1-3,6-7H2. The highest BCUT2D eigenvalue weighted by Crippen LogP contribution is 2.38. The van der Waals surface area contributed by atoms with Crippen LogP contribution in [-0.4, -0.2) is 17.7 Å². The van der Waals surface area contributed by atoms with Gasteiger partial charge in [0.15, 0.2) is 5.57 Å². The van der Waals surface area contributed by atoms with Crippen LogP contribution in [0, 0.1) is 0 Å². The first-order chi connectivity index (χ1) is 12.2. The van der Waals surface area contributed by atoms with Gasteiger partial charge in [-0.15, -0.1) is 0 Å². The lowest BCUT2D eigenvalue weighted by atomic mass is 9.93. The minimum Gasteiger partial charge on any atom is -0.419 e. The Bertz CT molecular complexity index is 748. The fraction of sp³-hybridized carbons (Fsp3) is 0.412. The number of anilines is 1. The Morgan fingerprint density at radius 2 is 1.69 bits per heavy atom. The van der Waals surface area contributed by atoms with E-state index in [0.29, 0.717) is 12.8 Å². The topological polar surface area (TPSA) is 64.6 Å². The molecule has 1 saturated carbocycles. The predicted molar refractivity (Wildman–Crippen MR) is 86.2 cm³/mol. The SMILES string of the molecule is O=C1OC2(CCCCC2)OC(=O)C1=CNc1ccc(Cl)cc1C(F)(F)F. The van der Waals surface area contributed by atoms with Crippen molar-refractivity contribution in [1.82, 2.24) is 0 Å². The minimum atomic E-state index is -4.66. The van der Waals surface area contributed by atoms with Crippen LogP contribution in [0.1, 0.15) is 37.7 Å². The molecule has 1 aliphatic heterocycles. The average Bonchev–Trinajstić information content (AvgIpc) is 2.55. The van der Waals surface area contributed by atoms with Crippen molar-refractivity contribution >= 4 is 29.2 Å². The number of carbonyl (C=O) groups excluding carboxylic acids is 2. The molecule has 3 rings (SSSR count). The number of alkyl halides is 3. The van der Waals surface area contributed by atoms with Gasteiger partial charge in [-0.05, 0) is 31.0 Å². The fourth-order valence-electron chi connectivity index (χ4n) is 2.99. The zero-order chi connectivity index (χ0) is 18.9. The normalized spacial score (nSPS) is 19.8. The average molecular weight is 390 g/mol. The summed E-state index contributed by atoms with van der Waals surface area (Å²) < 4.78 is 49.8. The number of rotatable bonds is 2. The van der Waals surface area contributed by atoms with Crippen molar-refractivity contribution in [2.24, 2.45) is 0 Å². The highest BCUT2D eigenvalue weighted by atomic mass is 35.5. The third kappa shape index (κ3) is 3.80. The van der Waals surface area contributed by atoms with Gasteiger partial charge in [-0.2, -0.15) is 13.2 Å². The van der Waals surface area contributed by atoms with Crippen LogP contribution in [0.2, 0.25) is 5.02 Å². The van der Waals surface area contributed by atoms with E-state index in [9.17, 15) is 22.8 Å². The molecule has 0 bridgehead atoms. The van der Waals surface area contributed by atoms with Gasteiger partial charge < -0.3 is 14.8 Å². The summed E-state index contributed by atoms with van der Waals surface area (Å²) in [5.41, 5.74) is -1.87. The maximum Gasteiger partial charge on any atom is 0.418 e. The van der Waals surface area contributed by atoms with Gasteiger partial charge in [0.05, 0.1) is 11.3 Å². The van der Waals surface area contributed by atoms with Crippen molar-refractivity contribution in [3.63, 3.8) is 0 Å². The van der Waals surface area contributed by atoms with Crippen LogP contribution in [0.3, 0.4) is 0 Å². The monoisotopic (exact) mass is 389 g/mol. The van der Waals surface area contributed by atoms with Gasteiger partial charge >= 0.3 is 18.1 Å². The van der Waals surface area contributed by atoms with E-state index in [0.717, 1.165) is 37.6 Å². The molecule has 0 amide bonds. The minimum absolute atomic E-state index is 0.0914. The second kappa shape index (κ2) is 6.83. The number of hydrogen-bond donors (Lipinski definition) is 1. The first kappa shape index (κ1) is 18.6. The lowest BCUT2D eigenvalue weighted by Gasteiger charge is -2.38. The molecule has 26 heavy (non-hydrogen) atoms. The second-order valence-corrected chi connectivity index (χ2v) is 6.58. The first-order valence-electron chi connectivity index (χ1n) is 8.00. The summed E-state index contributed by atoms with van der Waals surface area (Å²) in [5.74, 6) is -3.09. The predicted octanol–water partition coefficient (Wildman–Crippen LogP) is 4.42. The molecule has 1 aliphatic carbocycles. The highest BCUT2D eigenvalue weighted by Gasteiger charge is 2.46. The van der Waals surface area contributed by atoms with Gasteiger partial charge in [0.1, 0.15) is 0 Å². The maximum atomic E-state index is 13.1. The van der Waals surface area contributed by atoms with E-state index in [4.69, 9.17) is 21.1 Å². The van der Waals surface area contributed by atoms with Crippen molar-refractivity contribution in [1.29, 1.82) is 0 Å². The Balaban J connectivity index is 1.81. The molecule has 2 fully saturated rings. The first-order valence-corrected chi connectivity index (χ1v) is 8.38. The third-order valence-corrected chi connectivity index (χ3v) is 4.51. The summed E-state index contributed by atoms with van der Waals surface area (Å²) in [6, 6.07) is 3.10. The van der Waals surface area contributed by atoms with Crippen LogP contribution >= 0.6 is 11.6 Å². The molecule has 0 aromatic heterocycles. The second-order valence-electron chi connectivity index (χ2n) is 6.14. The molecule has 0 unspecified atom stereocenters. The van der Waals surface area contributed by atoms with Crippen molar-refractivity contribution < 1.29 is 32.2 Å². The molecule has 1 aromatic carbocycles. The number of carbonyl (C=O) groups is 2. The number of benzene rings is 1. The van der Waals surface area contributed by atoms with E-state index in [1.807, 2.05) is 0 Å². The number of nitrogens with one attached hydrogen (secondary N) is 1. The van der Waals surface area contributed by atoms with Crippen molar-refractivity contribution in [2.45, 2.75) is 44.1 Å². The van der Waals surface area contributed by atoms with Gasteiger partial charge in [-0.25, -0.2) is 9.59 Å². The van der Waals surface area contributed by atoms with E-state index in [-0.39, 0.29) is 10.7 Å². The van der Waals surface area contributed by atoms with E-state index < -0.39 is 35.0 Å².